The van der Waals surface area contributed by atoms with Gasteiger partial charge in [-0.3, -0.25) is 9.13 Å². The molecule has 1 aromatic heterocycles. The van der Waals surface area contributed by atoms with Crippen molar-refractivity contribution in [2.75, 3.05) is 12.0 Å². The molecule has 0 aliphatic heterocycles. The minimum Gasteiger partial charge on any atom is -0.298 e. The Labute approximate surface area is 82.8 Å². The molecule has 74 valence electrons. The van der Waals surface area contributed by atoms with Crippen molar-refractivity contribution >= 4 is 11.8 Å². The minimum atomic E-state index is 0.101. The monoisotopic (exact) mass is 200 g/mol. The molecule has 13 heavy (non-hydrogen) atoms. The van der Waals surface area contributed by atoms with Crippen LogP contribution in [0.3, 0.4) is 0 Å². The first-order chi connectivity index (χ1) is 6.16. The first kappa shape index (κ1) is 10.4. The number of rotatable bonds is 4. The van der Waals surface area contributed by atoms with Crippen LogP contribution in [-0.4, -0.2) is 21.1 Å². The quantitative estimate of drug-likeness (QED) is 0.738. The summed E-state index contributed by atoms with van der Waals surface area (Å²) in [7, 11) is 0. The van der Waals surface area contributed by atoms with Crippen LogP contribution in [-0.2, 0) is 6.54 Å². The van der Waals surface area contributed by atoms with E-state index in [1.165, 1.54) is 0 Å². The van der Waals surface area contributed by atoms with Gasteiger partial charge in [-0.1, -0.05) is 0 Å². The van der Waals surface area contributed by atoms with Gasteiger partial charge in [-0.2, -0.15) is 11.8 Å². The maximum absolute atomic E-state index is 11.6. The average Bonchev–Trinajstić information content (AvgIpc) is 2.43. The number of aryl methyl sites for hydroxylation is 1. The number of nitrogens with zero attached hydrogens (tertiary/aromatic N) is 2. The Morgan fingerprint density at radius 3 is 2.62 bits per heavy atom. The van der Waals surface area contributed by atoms with Gasteiger partial charge in [0.05, 0.1) is 0 Å². The highest BCUT2D eigenvalue weighted by Crippen LogP contribution is 2.00. The SMILES string of the molecule is CSCCn1ccn(C(C)C)c1=O. The molecule has 0 bridgehead atoms. The van der Waals surface area contributed by atoms with E-state index in [0.717, 1.165) is 12.3 Å². The van der Waals surface area contributed by atoms with Crippen molar-refractivity contribution < 1.29 is 0 Å². The molecule has 0 atom stereocenters. The molecule has 0 radical (unpaired) electrons. The Hall–Kier alpha value is -0.640. The van der Waals surface area contributed by atoms with Gasteiger partial charge >= 0.3 is 5.69 Å². The molecule has 1 rings (SSSR count). The number of thioether (sulfide) groups is 1. The third-order valence-electron chi connectivity index (χ3n) is 1.97. The van der Waals surface area contributed by atoms with E-state index < -0.39 is 0 Å². The molecule has 0 aliphatic carbocycles. The lowest BCUT2D eigenvalue weighted by Gasteiger charge is -2.04. The summed E-state index contributed by atoms with van der Waals surface area (Å²) in [5, 5.41) is 0. The summed E-state index contributed by atoms with van der Waals surface area (Å²) in [6, 6.07) is 0.253. The van der Waals surface area contributed by atoms with Gasteiger partial charge in [0.25, 0.3) is 0 Å². The van der Waals surface area contributed by atoms with Crippen LogP contribution in [0.4, 0.5) is 0 Å². The topological polar surface area (TPSA) is 26.9 Å². The van der Waals surface area contributed by atoms with Crippen molar-refractivity contribution in [3.63, 3.8) is 0 Å². The number of hydrogen-bond acceptors (Lipinski definition) is 2. The molecule has 0 aromatic carbocycles. The van der Waals surface area contributed by atoms with Gasteiger partial charge in [0, 0.05) is 30.7 Å². The van der Waals surface area contributed by atoms with Crippen molar-refractivity contribution in [1.82, 2.24) is 9.13 Å². The van der Waals surface area contributed by atoms with Gasteiger partial charge < -0.3 is 0 Å². The second kappa shape index (κ2) is 4.56. The van der Waals surface area contributed by atoms with Gasteiger partial charge in [0.1, 0.15) is 0 Å². The molecule has 0 fully saturated rings. The molecule has 0 amide bonds. The average molecular weight is 200 g/mol. The second-order valence-electron chi connectivity index (χ2n) is 3.27. The number of imidazole rings is 1. The van der Waals surface area contributed by atoms with Crippen LogP contribution in [0.1, 0.15) is 19.9 Å². The van der Waals surface area contributed by atoms with E-state index in [-0.39, 0.29) is 11.7 Å². The lowest BCUT2D eigenvalue weighted by atomic mass is 10.4. The zero-order valence-corrected chi connectivity index (χ0v) is 9.17. The van der Waals surface area contributed by atoms with E-state index in [0.29, 0.717) is 0 Å². The first-order valence-electron chi connectivity index (χ1n) is 4.43. The van der Waals surface area contributed by atoms with E-state index in [2.05, 4.69) is 0 Å². The maximum atomic E-state index is 11.6. The fourth-order valence-corrected chi connectivity index (χ4v) is 1.56. The van der Waals surface area contributed by atoms with Crippen LogP contribution >= 0.6 is 11.8 Å². The summed E-state index contributed by atoms with van der Waals surface area (Å²) < 4.78 is 3.51. The summed E-state index contributed by atoms with van der Waals surface area (Å²) in [4.78, 5) is 11.6. The van der Waals surface area contributed by atoms with E-state index in [4.69, 9.17) is 0 Å². The van der Waals surface area contributed by atoms with Crippen LogP contribution in [0.2, 0.25) is 0 Å². The van der Waals surface area contributed by atoms with Gasteiger partial charge in [0.2, 0.25) is 0 Å². The largest absolute Gasteiger partial charge is 0.328 e. The second-order valence-corrected chi connectivity index (χ2v) is 4.25. The number of hydrogen-bond donors (Lipinski definition) is 0. The molecule has 1 aromatic rings. The molecule has 1 heterocycles. The molecular formula is C9H16N2OS. The predicted molar refractivity (Wildman–Crippen MR) is 57.5 cm³/mol. The summed E-state index contributed by atoms with van der Waals surface area (Å²) in [6.07, 6.45) is 5.76. The third kappa shape index (κ3) is 2.40. The Balaban J connectivity index is 2.81. The van der Waals surface area contributed by atoms with Crippen LogP contribution in [0.5, 0.6) is 0 Å². The summed E-state index contributed by atoms with van der Waals surface area (Å²) in [6.45, 7) is 4.83. The highest BCUT2D eigenvalue weighted by atomic mass is 32.2. The maximum Gasteiger partial charge on any atom is 0.328 e. The molecule has 4 heteroatoms. The van der Waals surface area contributed by atoms with E-state index >= 15 is 0 Å². The Morgan fingerprint density at radius 2 is 2.15 bits per heavy atom. The third-order valence-corrected chi connectivity index (χ3v) is 2.56. The molecule has 0 unspecified atom stereocenters. The fraction of sp³-hybridized carbons (Fsp3) is 0.667. The summed E-state index contributed by atoms with van der Waals surface area (Å²) in [5.74, 6) is 0.988. The molecule has 0 saturated carbocycles. The number of aromatic nitrogens is 2. The molecule has 0 N–H and O–H groups in total. The highest BCUT2D eigenvalue weighted by molar-refractivity contribution is 7.98. The molecule has 3 nitrogen and oxygen atoms in total. The Bertz CT molecular complexity index is 314. The zero-order valence-electron chi connectivity index (χ0n) is 8.36. The highest BCUT2D eigenvalue weighted by Gasteiger charge is 2.04. The van der Waals surface area contributed by atoms with E-state index in [1.54, 1.807) is 20.9 Å². The van der Waals surface area contributed by atoms with Crippen LogP contribution in [0, 0.1) is 0 Å². The Morgan fingerprint density at radius 1 is 1.46 bits per heavy atom. The van der Waals surface area contributed by atoms with Crippen molar-refractivity contribution in [1.29, 1.82) is 0 Å². The normalized spacial score (nSPS) is 11.1. The molecular weight excluding hydrogens is 184 g/mol. The van der Waals surface area contributed by atoms with Crippen LogP contribution < -0.4 is 5.69 Å². The zero-order chi connectivity index (χ0) is 9.84. The van der Waals surface area contributed by atoms with Crippen LogP contribution in [0.15, 0.2) is 17.2 Å². The van der Waals surface area contributed by atoms with Gasteiger partial charge in [-0.05, 0) is 20.1 Å². The van der Waals surface area contributed by atoms with Crippen molar-refractivity contribution in [3.8, 4) is 0 Å². The van der Waals surface area contributed by atoms with Gasteiger partial charge in [-0.25, -0.2) is 4.79 Å². The predicted octanol–water partition coefficient (Wildman–Crippen LogP) is 1.59. The summed E-state index contributed by atoms with van der Waals surface area (Å²) in [5.41, 5.74) is 0.101. The first-order valence-corrected chi connectivity index (χ1v) is 5.82. The summed E-state index contributed by atoms with van der Waals surface area (Å²) >= 11 is 1.75. The van der Waals surface area contributed by atoms with Crippen molar-refractivity contribution in [3.05, 3.63) is 22.9 Å². The standard InChI is InChI=1S/C9H16N2OS/c1-8(2)11-5-4-10(9(11)12)6-7-13-3/h4-5,8H,6-7H2,1-3H3. The Kier molecular flexibility index (Phi) is 3.66. The van der Waals surface area contributed by atoms with Crippen LogP contribution in [0.25, 0.3) is 0 Å². The van der Waals surface area contributed by atoms with Crippen molar-refractivity contribution in [2.24, 2.45) is 0 Å². The fourth-order valence-electron chi connectivity index (χ4n) is 1.18. The molecule has 0 aliphatic rings. The lowest BCUT2D eigenvalue weighted by Crippen LogP contribution is -2.25. The molecule has 0 saturated heterocycles. The van der Waals surface area contributed by atoms with Gasteiger partial charge in [-0.15, -0.1) is 0 Å². The van der Waals surface area contributed by atoms with E-state index in [9.17, 15) is 4.79 Å². The van der Waals surface area contributed by atoms with E-state index in [1.807, 2.05) is 32.5 Å². The minimum absolute atomic E-state index is 0.101. The lowest BCUT2D eigenvalue weighted by molar-refractivity contribution is 0.558. The smallest absolute Gasteiger partial charge is 0.298 e. The molecule has 0 spiro atoms. The van der Waals surface area contributed by atoms with Crippen molar-refractivity contribution in [2.45, 2.75) is 26.4 Å². The van der Waals surface area contributed by atoms with Gasteiger partial charge in [0.15, 0.2) is 0 Å².